The first-order chi connectivity index (χ1) is 17.1. The average molecular weight is 472 g/mol. The number of alkyl carbamates (subject to hydrolysis) is 1. The molecule has 0 radical (unpaired) electrons. The number of hydrogen-bond acceptors (Lipinski definition) is 6. The Kier molecular flexibility index (Phi) is 6.34. The van der Waals surface area contributed by atoms with Gasteiger partial charge in [-0.05, 0) is 27.8 Å². The second-order valence-electron chi connectivity index (χ2n) is 8.32. The van der Waals surface area contributed by atoms with E-state index in [9.17, 15) is 14.4 Å². The van der Waals surface area contributed by atoms with E-state index in [1.165, 1.54) is 4.90 Å². The van der Waals surface area contributed by atoms with Gasteiger partial charge in [-0.2, -0.15) is 0 Å². The maximum atomic E-state index is 12.9. The zero-order valence-corrected chi connectivity index (χ0v) is 18.9. The van der Waals surface area contributed by atoms with E-state index in [1.54, 1.807) is 0 Å². The predicted molar refractivity (Wildman–Crippen MR) is 126 cm³/mol. The van der Waals surface area contributed by atoms with Gasteiger partial charge in [0.25, 0.3) is 0 Å². The number of hydrogen-bond donors (Lipinski definition) is 1. The summed E-state index contributed by atoms with van der Waals surface area (Å²) < 4.78 is 15.8. The Bertz CT molecular complexity index is 1200. The van der Waals surface area contributed by atoms with Crippen LogP contribution in [0.25, 0.3) is 11.1 Å². The third-order valence-electron chi connectivity index (χ3n) is 6.22. The lowest BCUT2D eigenvalue weighted by Crippen LogP contribution is -2.46. The molecule has 5 rings (SSSR count). The zero-order valence-electron chi connectivity index (χ0n) is 18.9. The highest BCUT2D eigenvalue weighted by molar-refractivity contribution is 5.85. The van der Waals surface area contributed by atoms with Crippen molar-refractivity contribution in [2.24, 2.45) is 0 Å². The van der Waals surface area contributed by atoms with Crippen molar-refractivity contribution in [1.82, 2.24) is 10.2 Å². The number of carbonyl (C=O) groups is 3. The Labute approximate surface area is 202 Å². The summed E-state index contributed by atoms with van der Waals surface area (Å²) in [6.45, 7) is -0.160. The van der Waals surface area contributed by atoms with Gasteiger partial charge in [-0.15, -0.1) is 0 Å². The number of amides is 2. The van der Waals surface area contributed by atoms with Gasteiger partial charge in [-0.25, -0.2) is 14.4 Å². The van der Waals surface area contributed by atoms with Gasteiger partial charge in [0.15, 0.2) is 12.8 Å². The van der Waals surface area contributed by atoms with Crippen molar-refractivity contribution in [2.75, 3.05) is 19.9 Å². The standard InChI is InChI=1S/C27H24N2O6/c30-25-24(14-28-26(31)33-15-18-8-2-1-3-9-18)29(17-35-25)27(32)34-16-23-21-12-6-4-10-19(21)20-11-5-7-13-22(20)23/h1-13,23-24H,14-17H2,(H,28,31)/t24-/m0/s1. The molecule has 1 atom stereocenters. The summed E-state index contributed by atoms with van der Waals surface area (Å²) in [6, 6.07) is 24.3. The number of fused-ring (bicyclic) bond motifs is 3. The van der Waals surface area contributed by atoms with Crippen LogP contribution >= 0.6 is 0 Å². The monoisotopic (exact) mass is 472 g/mol. The molecular formula is C27H24N2O6. The molecule has 178 valence electrons. The van der Waals surface area contributed by atoms with Crippen molar-refractivity contribution in [2.45, 2.75) is 18.6 Å². The molecule has 8 heteroatoms. The number of nitrogens with zero attached hydrogens (tertiary/aromatic N) is 1. The highest BCUT2D eigenvalue weighted by Crippen LogP contribution is 2.44. The first-order valence-electron chi connectivity index (χ1n) is 11.3. The maximum absolute atomic E-state index is 12.9. The fourth-order valence-electron chi connectivity index (χ4n) is 4.45. The van der Waals surface area contributed by atoms with Crippen LogP contribution in [0.5, 0.6) is 0 Å². The Balaban J connectivity index is 1.18. The van der Waals surface area contributed by atoms with Crippen molar-refractivity contribution in [3.63, 3.8) is 0 Å². The van der Waals surface area contributed by atoms with Crippen molar-refractivity contribution < 1.29 is 28.6 Å². The highest BCUT2D eigenvalue weighted by atomic mass is 16.6. The lowest BCUT2D eigenvalue weighted by molar-refractivity contribution is -0.139. The molecule has 1 saturated heterocycles. The topological polar surface area (TPSA) is 94.2 Å². The van der Waals surface area contributed by atoms with Gasteiger partial charge >= 0.3 is 18.2 Å². The Morgan fingerprint density at radius 1 is 0.886 bits per heavy atom. The summed E-state index contributed by atoms with van der Waals surface area (Å²) in [5.74, 6) is -0.711. The minimum absolute atomic E-state index is 0.0951. The fourth-order valence-corrected chi connectivity index (χ4v) is 4.45. The van der Waals surface area contributed by atoms with Crippen LogP contribution in [-0.4, -0.2) is 49.0 Å². The first-order valence-corrected chi connectivity index (χ1v) is 11.3. The van der Waals surface area contributed by atoms with E-state index in [1.807, 2.05) is 66.7 Å². The molecule has 35 heavy (non-hydrogen) atoms. The molecule has 1 aliphatic carbocycles. The Morgan fingerprint density at radius 3 is 2.20 bits per heavy atom. The van der Waals surface area contributed by atoms with E-state index in [0.717, 1.165) is 27.8 Å². The molecule has 8 nitrogen and oxygen atoms in total. The number of rotatable bonds is 6. The van der Waals surface area contributed by atoms with Gasteiger partial charge in [0.05, 0.1) is 6.54 Å². The van der Waals surface area contributed by atoms with Crippen LogP contribution in [0, 0.1) is 0 Å². The fraction of sp³-hybridized carbons (Fsp3) is 0.222. The summed E-state index contributed by atoms with van der Waals surface area (Å²) in [4.78, 5) is 38.3. The number of benzene rings is 3. The highest BCUT2D eigenvalue weighted by Gasteiger charge is 2.40. The Hall–Kier alpha value is -4.33. The summed E-state index contributed by atoms with van der Waals surface area (Å²) in [5.41, 5.74) is 5.27. The van der Waals surface area contributed by atoms with E-state index in [4.69, 9.17) is 14.2 Å². The molecular weight excluding hydrogens is 448 g/mol. The van der Waals surface area contributed by atoms with Gasteiger partial charge in [0, 0.05) is 5.92 Å². The van der Waals surface area contributed by atoms with Gasteiger partial charge in [0.1, 0.15) is 13.2 Å². The minimum atomic E-state index is -0.991. The summed E-state index contributed by atoms with van der Waals surface area (Å²) in [5, 5.41) is 2.52. The molecule has 0 spiro atoms. The van der Waals surface area contributed by atoms with Crippen molar-refractivity contribution >= 4 is 18.2 Å². The second-order valence-corrected chi connectivity index (χ2v) is 8.32. The third-order valence-corrected chi connectivity index (χ3v) is 6.22. The van der Waals surface area contributed by atoms with E-state index < -0.39 is 24.2 Å². The summed E-state index contributed by atoms with van der Waals surface area (Å²) in [7, 11) is 0. The van der Waals surface area contributed by atoms with Crippen LogP contribution < -0.4 is 5.32 Å². The molecule has 1 fully saturated rings. The van der Waals surface area contributed by atoms with Crippen LogP contribution in [0.1, 0.15) is 22.6 Å². The molecule has 0 saturated carbocycles. The molecule has 1 N–H and O–H groups in total. The average Bonchev–Trinajstić information content (AvgIpc) is 3.43. The quantitative estimate of drug-likeness (QED) is 0.430. The molecule has 3 aromatic rings. The lowest BCUT2D eigenvalue weighted by atomic mass is 9.98. The van der Waals surface area contributed by atoms with Crippen LogP contribution in [0.3, 0.4) is 0 Å². The number of ether oxygens (including phenoxy) is 3. The third kappa shape index (κ3) is 4.68. The Morgan fingerprint density at radius 2 is 1.51 bits per heavy atom. The van der Waals surface area contributed by atoms with Crippen LogP contribution in [-0.2, 0) is 25.6 Å². The molecule has 1 aliphatic heterocycles. The molecule has 3 aromatic carbocycles. The smallest absolute Gasteiger partial charge is 0.413 e. The van der Waals surface area contributed by atoms with Crippen molar-refractivity contribution in [3.05, 3.63) is 95.6 Å². The van der Waals surface area contributed by atoms with E-state index in [-0.39, 0.29) is 32.4 Å². The number of esters is 1. The summed E-state index contributed by atoms with van der Waals surface area (Å²) in [6.07, 6.45) is -1.37. The number of cyclic esters (lactones) is 1. The largest absolute Gasteiger partial charge is 0.448 e. The lowest BCUT2D eigenvalue weighted by Gasteiger charge is -2.21. The normalized spacial score (nSPS) is 16.3. The van der Waals surface area contributed by atoms with Gasteiger partial charge in [-0.1, -0.05) is 78.9 Å². The van der Waals surface area contributed by atoms with Gasteiger partial charge in [-0.3, -0.25) is 4.90 Å². The van der Waals surface area contributed by atoms with E-state index in [2.05, 4.69) is 17.4 Å². The molecule has 0 aromatic heterocycles. The molecule has 1 heterocycles. The first kappa shape index (κ1) is 22.5. The van der Waals surface area contributed by atoms with Crippen LogP contribution in [0.2, 0.25) is 0 Å². The minimum Gasteiger partial charge on any atom is -0.448 e. The predicted octanol–water partition coefficient (Wildman–Crippen LogP) is 4.05. The van der Waals surface area contributed by atoms with Crippen LogP contribution in [0.15, 0.2) is 78.9 Å². The molecule has 2 amide bonds. The van der Waals surface area contributed by atoms with Crippen LogP contribution in [0.4, 0.5) is 9.59 Å². The molecule has 0 unspecified atom stereocenters. The summed E-state index contributed by atoms with van der Waals surface area (Å²) >= 11 is 0. The number of carbonyl (C=O) groups excluding carboxylic acids is 3. The molecule has 0 bridgehead atoms. The zero-order chi connectivity index (χ0) is 24.2. The van der Waals surface area contributed by atoms with E-state index >= 15 is 0 Å². The van der Waals surface area contributed by atoms with Gasteiger partial charge < -0.3 is 19.5 Å². The molecule has 2 aliphatic rings. The van der Waals surface area contributed by atoms with Gasteiger partial charge in [0.2, 0.25) is 0 Å². The van der Waals surface area contributed by atoms with Crippen molar-refractivity contribution in [3.8, 4) is 11.1 Å². The maximum Gasteiger partial charge on any atom is 0.413 e. The second kappa shape index (κ2) is 9.89. The van der Waals surface area contributed by atoms with Crippen molar-refractivity contribution in [1.29, 1.82) is 0 Å². The number of nitrogens with one attached hydrogen (secondary N) is 1. The van der Waals surface area contributed by atoms with E-state index in [0.29, 0.717) is 0 Å². The SMILES string of the molecule is O=C(NC[C@H]1C(=O)OCN1C(=O)OCC1c2ccccc2-c2ccccc21)OCc1ccccc1.